The van der Waals surface area contributed by atoms with Gasteiger partial charge < -0.3 is 23.8 Å². The van der Waals surface area contributed by atoms with Crippen molar-refractivity contribution >= 4 is 35.1 Å². The van der Waals surface area contributed by atoms with Crippen molar-refractivity contribution in [3.8, 4) is 11.5 Å². The second-order valence-electron chi connectivity index (χ2n) is 8.06. The van der Waals surface area contributed by atoms with E-state index in [4.69, 9.17) is 18.9 Å². The molecular formula is C27H25NO6. The van der Waals surface area contributed by atoms with Crippen LogP contribution in [-0.2, 0) is 19.1 Å². The average Bonchev–Trinajstić information content (AvgIpc) is 2.83. The Kier molecular flexibility index (Phi) is 6.27. The molecule has 7 nitrogen and oxygen atoms in total. The number of esters is 2. The monoisotopic (exact) mass is 459 g/mol. The van der Waals surface area contributed by atoms with Gasteiger partial charge in [0.05, 0.1) is 14.2 Å². The van der Waals surface area contributed by atoms with Crippen LogP contribution in [0.15, 0.2) is 78.4 Å². The summed E-state index contributed by atoms with van der Waals surface area (Å²) in [5.41, 5.74) is 3.26. The molecule has 0 atom stereocenters. The van der Waals surface area contributed by atoms with Crippen LogP contribution in [0, 0.1) is 0 Å². The number of methoxy groups -OCH3 is 2. The molecule has 34 heavy (non-hydrogen) atoms. The Morgan fingerprint density at radius 2 is 1.06 bits per heavy atom. The number of hydrogen-bond acceptors (Lipinski definition) is 7. The van der Waals surface area contributed by atoms with Crippen LogP contribution in [0.1, 0.15) is 19.4 Å². The highest BCUT2D eigenvalue weighted by molar-refractivity contribution is 6.18. The highest BCUT2D eigenvalue weighted by Crippen LogP contribution is 2.36. The van der Waals surface area contributed by atoms with Crippen LogP contribution in [0.4, 0.5) is 17.1 Å². The normalized spacial score (nSPS) is 14.6. The summed E-state index contributed by atoms with van der Waals surface area (Å²) in [7, 11) is 3.25. The van der Waals surface area contributed by atoms with Gasteiger partial charge in [-0.05, 0) is 72.3 Å². The van der Waals surface area contributed by atoms with Gasteiger partial charge in [0.1, 0.15) is 17.1 Å². The smallest absolute Gasteiger partial charge is 0.348 e. The van der Waals surface area contributed by atoms with Gasteiger partial charge in [-0.2, -0.15) is 0 Å². The number of cyclic esters (lactones) is 2. The van der Waals surface area contributed by atoms with Crippen molar-refractivity contribution in [1.29, 1.82) is 0 Å². The average molecular weight is 459 g/mol. The van der Waals surface area contributed by atoms with Gasteiger partial charge in [0.25, 0.3) is 5.79 Å². The van der Waals surface area contributed by atoms with E-state index in [1.54, 1.807) is 14.2 Å². The number of anilines is 3. The molecule has 3 aromatic carbocycles. The van der Waals surface area contributed by atoms with E-state index in [1.165, 1.54) is 19.9 Å². The molecule has 0 radical (unpaired) electrons. The van der Waals surface area contributed by atoms with E-state index in [0.717, 1.165) is 28.6 Å². The van der Waals surface area contributed by atoms with Crippen LogP contribution in [0.25, 0.3) is 6.08 Å². The Bertz CT molecular complexity index is 1140. The molecule has 0 bridgehead atoms. The second kappa shape index (κ2) is 9.31. The van der Waals surface area contributed by atoms with Crippen LogP contribution in [0.2, 0.25) is 0 Å². The first-order chi connectivity index (χ1) is 16.3. The number of carbonyl (C=O) groups excluding carboxylic acids is 2. The Hall–Kier alpha value is -4.26. The summed E-state index contributed by atoms with van der Waals surface area (Å²) in [6, 6.07) is 22.9. The lowest BCUT2D eigenvalue weighted by Gasteiger charge is -2.29. The number of nitrogens with zero attached hydrogens (tertiary/aromatic N) is 1. The molecule has 0 N–H and O–H groups in total. The highest BCUT2D eigenvalue weighted by Gasteiger charge is 2.38. The predicted molar refractivity (Wildman–Crippen MR) is 128 cm³/mol. The van der Waals surface area contributed by atoms with Crippen LogP contribution in [0.3, 0.4) is 0 Å². The van der Waals surface area contributed by atoms with Crippen molar-refractivity contribution in [1.82, 2.24) is 0 Å². The summed E-state index contributed by atoms with van der Waals surface area (Å²) in [5, 5.41) is 0. The lowest BCUT2D eigenvalue weighted by molar-refractivity contribution is -0.222. The van der Waals surface area contributed by atoms with Gasteiger partial charge in [-0.3, -0.25) is 0 Å². The van der Waals surface area contributed by atoms with E-state index in [-0.39, 0.29) is 5.57 Å². The molecule has 1 aliphatic rings. The van der Waals surface area contributed by atoms with Crippen molar-refractivity contribution in [2.75, 3.05) is 19.1 Å². The largest absolute Gasteiger partial charge is 0.497 e. The minimum absolute atomic E-state index is 0.144. The van der Waals surface area contributed by atoms with Crippen LogP contribution >= 0.6 is 0 Å². The first kappa shape index (κ1) is 22.9. The van der Waals surface area contributed by atoms with Crippen LogP contribution in [-0.4, -0.2) is 31.9 Å². The van der Waals surface area contributed by atoms with Gasteiger partial charge >= 0.3 is 11.9 Å². The third kappa shape index (κ3) is 4.88. The first-order valence-corrected chi connectivity index (χ1v) is 10.7. The van der Waals surface area contributed by atoms with E-state index in [9.17, 15) is 9.59 Å². The Morgan fingerprint density at radius 1 is 0.676 bits per heavy atom. The fourth-order valence-electron chi connectivity index (χ4n) is 3.57. The van der Waals surface area contributed by atoms with Gasteiger partial charge in [0.15, 0.2) is 0 Å². The Labute approximate surface area is 198 Å². The van der Waals surface area contributed by atoms with Crippen LogP contribution in [0.5, 0.6) is 11.5 Å². The molecule has 0 saturated carbocycles. The van der Waals surface area contributed by atoms with E-state index in [1.807, 2.05) is 72.8 Å². The Morgan fingerprint density at radius 3 is 1.44 bits per heavy atom. The molecule has 174 valence electrons. The van der Waals surface area contributed by atoms with E-state index >= 15 is 0 Å². The summed E-state index contributed by atoms with van der Waals surface area (Å²) >= 11 is 0. The molecule has 7 heteroatoms. The lowest BCUT2D eigenvalue weighted by Crippen LogP contribution is -2.41. The molecule has 1 heterocycles. The fourth-order valence-corrected chi connectivity index (χ4v) is 3.57. The van der Waals surface area contributed by atoms with Crippen molar-refractivity contribution in [3.05, 3.63) is 83.9 Å². The van der Waals surface area contributed by atoms with Crippen molar-refractivity contribution in [2.24, 2.45) is 0 Å². The number of rotatable bonds is 6. The highest BCUT2D eigenvalue weighted by atomic mass is 16.7. The fraction of sp³-hybridized carbons (Fsp3) is 0.185. The number of ether oxygens (including phenoxy) is 4. The minimum Gasteiger partial charge on any atom is -0.497 e. The predicted octanol–water partition coefficient (Wildman–Crippen LogP) is 5.39. The zero-order chi connectivity index (χ0) is 24.3. The topological polar surface area (TPSA) is 74.3 Å². The van der Waals surface area contributed by atoms with Gasteiger partial charge in [-0.1, -0.05) is 12.1 Å². The standard InChI is InChI=1S/C27H25NO6/c1-27(2)33-25(29)24(26(30)34-27)17-18-5-7-19(8-6-18)28(20-9-13-22(31-3)14-10-20)21-11-15-23(32-4)16-12-21/h5-17H,1-4H3. The maximum Gasteiger partial charge on any atom is 0.348 e. The van der Waals surface area contributed by atoms with Crippen LogP contribution < -0.4 is 14.4 Å². The summed E-state index contributed by atoms with van der Waals surface area (Å²) in [6.07, 6.45) is 1.47. The maximum atomic E-state index is 12.3. The first-order valence-electron chi connectivity index (χ1n) is 10.7. The molecule has 1 fully saturated rings. The number of hydrogen-bond donors (Lipinski definition) is 0. The number of carbonyl (C=O) groups is 2. The number of benzene rings is 3. The molecule has 4 rings (SSSR count). The minimum atomic E-state index is -1.27. The third-order valence-corrected chi connectivity index (χ3v) is 5.24. The molecule has 1 aliphatic heterocycles. The molecule has 0 aliphatic carbocycles. The van der Waals surface area contributed by atoms with Gasteiger partial charge in [-0.25, -0.2) is 9.59 Å². The molecule has 0 aromatic heterocycles. The second-order valence-corrected chi connectivity index (χ2v) is 8.06. The van der Waals surface area contributed by atoms with Gasteiger partial charge in [-0.15, -0.1) is 0 Å². The van der Waals surface area contributed by atoms with E-state index < -0.39 is 17.7 Å². The maximum absolute atomic E-state index is 12.3. The zero-order valence-corrected chi connectivity index (χ0v) is 19.4. The Balaban J connectivity index is 1.68. The summed E-state index contributed by atoms with van der Waals surface area (Å²) in [6.45, 7) is 3.03. The van der Waals surface area contributed by atoms with E-state index in [0.29, 0.717) is 5.56 Å². The quantitative estimate of drug-likeness (QED) is 0.278. The molecular weight excluding hydrogens is 434 g/mol. The van der Waals surface area contributed by atoms with Crippen molar-refractivity contribution < 1.29 is 28.5 Å². The summed E-state index contributed by atoms with van der Waals surface area (Å²) in [5.74, 6) is -1.16. The molecule has 1 saturated heterocycles. The molecule has 3 aromatic rings. The van der Waals surface area contributed by atoms with Gasteiger partial charge in [0.2, 0.25) is 0 Å². The van der Waals surface area contributed by atoms with Gasteiger partial charge in [0, 0.05) is 30.9 Å². The van der Waals surface area contributed by atoms with Crippen molar-refractivity contribution in [2.45, 2.75) is 19.6 Å². The molecule has 0 spiro atoms. The summed E-state index contributed by atoms with van der Waals surface area (Å²) in [4.78, 5) is 26.6. The third-order valence-electron chi connectivity index (χ3n) is 5.24. The molecule has 0 amide bonds. The lowest BCUT2D eigenvalue weighted by atomic mass is 10.1. The summed E-state index contributed by atoms with van der Waals surface area (Å²) < 4.78 is 20.9. The molecule has 0 unspecified atom stereocenters. The van der Waals surface area contributed by atoms with E-state index in [2.05, 4.69) is 4.90 Å². The zero-order valence-electron chi connectivity index (χ0n) is 19.4. The van der Waals surface area contributed by atoms with Crippen molar-refractivity contribution in [3.63, 3.8) is 0 Å². The SMILES string of the molecule is COc1ccc(N(c2ccc(C=C3C(=O)OC(C)(C)OC3=O)cc2)c2ccc(OC)cc2)cc1.